The van der Waals surface area contributed by atoms with E-state index in [1.54, 1.807) is 36.9 Å². The molecule has 0 fully saturated rings. The molecule has 2 aromatic heterocycles. The lowest BCUT2D eigenvalue weighted by atomic mass is 10.7. The van der Waals surface area contributed by atoms with Crippen LogP contribution < -0.4 is 11.5 Å². The standard InChI is InChI=1S/2C4H4N2.CH4N2O/c2*1-2-5-4-6-3-1;2-1(3)4/h2*1-4H;(H4,2,3,4). The summed E-state index contributed by atoms with van der Waals surface area (Å²) in [6.07, 6.45) is 9.75. The molecule has 7 nitrogen and oxygen atoms in total. The molecule has 0 bridgehead atoms. The van der Waals surface area contributed by atoms with E-state index in [1.165, 1.54) is 12.7 Å². The predicted octanol–water partition coefficient (Wildman–Crippen LogP) is -0.0230. The smallest absolute Gasteiger partial charge is 0.309 e. The number of nitrogens with two attached hydrogens (primary N) is 2. The Kier molecular flexibility index (Phi) is 8.82. The molecule has 84 valence electrons. The SMILES string of the molecule is NC(N)=O.c1cncnc1.c1cncnc1. The summed E-state index contributed by atoms with van der Waals surface area (Å²) in [5.41, 5.74) is 8.50. The van der Waals surface area contributed by atoms with Crippen molar-refractivity contribution in [3.8, 4) is 0 Å². The van der Waals surface area contributed by atoms with Crippen LogP contribution in [0.2, 0.25) is 0 Å². The van der Waals surface area contributed by atoms with E-state index in [0.717, 1.165) is 0 Å². The van der Waals surface area contributed by atoms with Gasteiger partial charge in [-0.25, -0.2) is 24.7 Å². The maximum atomic E-state index is 9.00. The summed E-state index contributed by atoms with van der Waals surface area (Å²) in [5.74, 6) is 0. The molecule has 2 aromatic rings. The Morgan fingerprint density at radius 3 is 1.06 bits per heavy atom. The number of aromatic nitrogens is 4. The maximum Gasteiger partial charge on any atom is 0.309 e. The van der Waals surface area contributed by atoms with E-state index < -0.39 is 6.03 Å². The highest BCUT2D eigenvalue weighted by molar-refractivity contribution is 5.69. The minimum atomic E-state index is -0.833. The van der Waals surface area contributed by atoms with Crippen molar-refractivity contribution >= 4 is 6.03 Å². The van der Waals surface area contributed by atoms with Gasteiger partial charge in [0, 0.05) is 24.8 Å². The fraction of sp³-hybridized carbons (Fsp3) is 0. The van der Waals surface area contributed by atoms with Gasteiger partial charge in [0.1, 0.15) is 12.7 Å². The summed E-state index contributed by atoms with van der Waals surface area (Å²) in [5, 5.41) is 0. The fourth-order valence-electron chi connectivity index (χ4n) is 0.507. The van der Waals surface area contributed by atoms with Crippen molar-refractivity contribution in [2.45, 2.75) is 0 Å². The van der Waals surface area contributed by atoms with Gasteiger partial charge >= 0.3 is 6.03 Å². The van der Waals surface area contributed by atoms with E-state index in [0.29, 0.717) is 0 Å². The lowest BCUT2D eigenvalue weighted by Crippen LogP contribution is -2.18. The highest BCUT2D eigenvalue weighted by atomic mass is 16.2. The zero-order valence-corrected chi connectivity index (χ0v) is 8.47. The van der Waals surface area contributed by atoms with Crippen LogP contribution in [0, 0.1) is 0 Å². The molecular weight excluding hydrogens is 208 g/mol. The Balaban J connectivity index is 0.000000217. The van der Waals surface area contributed by atoms with Crippen LogP contribution in [0.15, 0.2) is 49.6 Å². The van der Waals surface area contributed by atoms with Crippen molar-refractivity contribution in [3.63, 3.8) is 0 Å². The van der Waals surface area contributed by atoms with E-state index in [-0.39, 0.29) is 0 Å². The third kappa shape index (κ3) is 14.0. The summed E-state index contributed by atoms with van der Waals surface area (Å²) in [7, 11) is 0. The average molecular weight is 220 g/mol. The van der Waals surface area contributed by atoms with Crippen LogP contribution in [0.1, 0.15) is 0 Å². The van der Waals surface area contributed by atoms with Crippen molar-refractivity contribution < 1.29 is 4.79 Å². The first-order valence-electron chi connectivity index (χ1n) is 4.18. The molecule has 2 amide bonds. The van der Waals surface area contributed by atoms with Crippen molar-refractivity contribution in [1.29, 1.82) is 0 Å². The second-order valence-electron chi connectivity index (χ2n) is 2.21. The topological polar surface area (TPSA) is 121 Å². The molecule has 0 aromatic carbocycles. The van der Waals surface area contributed by atoms with Gasteiger partial charge in [0.05, 0.1) is 0 Å². The highest BCUT2D eigenvalue weighted by Crippen LogP contribution is 1.67. The van der Waals surface area contributed by atoms with Crippen LogP contribution in [-0.2, 0) is 0 Å². The first kappa shape index (κ1) is 13.4. The van der Waals surface area contributed by atoms with E-state index in [4.69, 9.17) is 4.79 Å². The third-order valence-electron chi connectivity index (χ3n) is 0.955. The molecule has 0 saturated carbocycles. The molecule has 16 heavy (non-hydrogen) atoms. The van der Waals surface area contributed by atoms with Gasteiger partial charge in [-0.3, -0.25) is 0 Å². The Morgan fingerprint density at radius 1 is 0.750 bits per heavy atom. The van der Waals surface area contributed by atoms with Crippen LogP contribution in [0.4, 0.5) is 4.79 Å². The van der Waals surface area contributed by atoms with Gasteiger partial charge in [-0.05, 0) is 12.1 Å². The second kappa shape index (κ2) is 10.5. The largest absolute Gasteiger partial charge is 0.352 e. The minimum absolute atomic E-state index is 0.833. The first-order chi connectivity index (χ1) is 7.73. The van der Waals surface area contributed by atoms with E-state index in [2.05, 4.69) is 31.4 Å². The Bertz CT molecular complexity index is 266. The van der Waals surface area contributed by atoms with Gasteiger partial charge in [0.15, 0.2) is 0 Å². The zero-order valence-electron chi connectivity index (χ0n) is 8.47. The van der Waals surface area contributed by atoms with Gasteiger partial charge in [0.25, 0.3) is 0 Å². The summed E-state index contributed by atoms with van der Waals surface area (Å²) in [6, 6.07) is 2.72. The minimum Gasteiger partial charge on any atom is -0.352 e. The van der Waals surface area contributed by atoms with Crippen molar-refractivity contribution in [2.75, 3.05) is 0 Å². The predicted molar refractivity (Wildman–Crippen MR) is 57.8 cm³/mol. The fourth-order valence-corrected chi connectivity index (χ4v) is 0.507. The number of primary amides is 2. The molecule has 0 aliphatic carbocycles. The van der Waals surface area contributed by atoms with Crippen LogP contribution >= 0.6 is 0 Å². The number of urea groups is 1. The molecule has 0 aliphatic rings. The van der Waals surface area contributed by atoms with Crippen LogP contribution in [0.3, 0.4) is 0 Å². The molecule has 7 heteroatoms. The lowest BCUT2D eigenvalue weighted by molar-refractivity contribution is 0.256. The number of hydrogen-bond acceptors (Lipinski definition) is 5. The number of rotatable bonds is 0. The Labute approximate surface area is 92.6 Å². The summed E-state index contributed by atoms with van der Waals surface area (Å²) < 4.78 is 0. The van der Waals surface area contributed by atoms with Crippen LogP contribution in [0.5, 0.6) is 0 Å². The molecule has 2 rings (SSSR count). The number of carbonyl (C=O) groups excluding carboxylic acids is 1. The average Bonchev–Trinajstić information content (AvgIpc) is 2.34. The monoisotopic (exact) mass is 220 g/mol. The van der Waals surface area contributed by atoms with Gasteiger partial charge in [-0.1, -0.05) is 0 Å². The summed E-state index contributed by atoms with van der Waals surface area (Å²) >= 11 is 0. The molecule has 0 saturated heterocycles. The molecule has 0 spiro atoms. The number of amides is 2. The first-order valence-corrected chi connectivity index (χ1v) is 4.18. The Hall–Kier alpha value is -2.57. The van der Waals surface area contributed by atoms with E-state index in [1.807, 2.05) is 0 Å². The number of nitrogens with zero attached hydrogens (tertiary/aromatic N) is 4. The molecule has 4 N–H and O–H groups in total. The number of hydrogen-bond donors (Lipinski definition) is 2. The quantitative estimate of drug-likeness (QED) is 0.646. The summed E-state index contributed by atoms with van der Waals surface area (Å²) in [4.78, 5) is 23.7. The third-order valence-corrected chi connectivity index (χ3v) is 0.955. The summed E-state index contributed by atoms with van der Waals surface area (Å²) in [6.45, 7) is 0. The van der Waals surface area contributed by atoms with E-state index >= 15 is 0 Å². The maximum absolute atomic E-state index is 9.00. The van der Waals surface area contributed by atoms with Crippen LogP contribution in [0.25, 0.3) is 0 Å². The second-order valence-corrected chi connectivity index (χ2v) is 2.21. The molecule has 2 heterocycles. The molecule has 0 radical (unpaired) electrons. The molecule has 0 atom stereocenters. The van der Waals surface area contributed by atoms with Crippen molar-refractivity contribution in [2.24, 2.45) is 11.5 Å². The van der Waals surface area contributed by atoms with Gasteiger partial charge in [-0.15, -0.1) is 0 Å². The number of carbonyl (C=O) groups is 1. The van der Waals surface area contributed by atoms with Crippen molar-refractivity contribution in [3.05, 3.63) is 49.6 Å². The van der Waals surface area contributed by atoms with Gasteiger partial charge in [0.2, 0.25) is 0 Å². The van der Waals surface area contributed by atoms with Crippen molar-refractivity contribution in [1.82, 2.24) is 19.9 Å². The lowest BCUT2D eigenvalue weighted by Gasteiger charge is -1.70. The van der Waals surface area contributed by atoms with Crippen LogP contribution in [-0.4, -0.2) is 26.0 Å². The molecular formula is C9H12N6O. The van der Waals surface area contributed by atoms with E-state index in [9.17, 15) is 0 Å². The Morgan fingerprint density at radius 2 is 1.00 bits per heavy atom. The highest BCUT2D eigenvalue weighted by Gasteiger charge is 1.61. The molecule has 0 unspecified atom stereocenters. The molecule has 0 aliphatic heterocycles. The normalized spacial score (nSPS) is 7.50. The zero-order chi connectivity index (χ0) is 12.1. The van der Waals surface area contributed by atoms with Gasteiger partial charge < -0.3 is 11.5 Å². The van der Waals surface area contributed by atoms with Gasteiger partial charge in [-0.2, -0.15) is 0 Å².